The zero-order chi connectivity index (χ0) is 13.5. The first-order valence-corrected chi connectivity index (χ1v) is 6.17. The van der Waals surface area contributed by atoms with E-state index >= 15 is 0 Å². The van der Waals surface area contributed by atoms with Crippen molar-refractivity contribution in [2.45, 2.75) is 19.4 Å². The first kappa shape index (κ1) is 13.2. The highest BCUT2D eigenvalue weighted by Gasteiger charge is 2.04. The highest BCUT2D eigenvalue weighted by Crippen LogP contribution is 2.08. The Balaban J connectivity index is 1.87. The van der Waals surface area contributed by atoms with E-state index in [2.05, 4.69) is 10.3 Å². The average molecular weight is 256 g/mol. The lowest BCUT2D eigenvalue weighted by atomic mass is 10.1. The van der Waals surface area contributed by atoms with Gasteiger partial charge in [-0.1, -0.05) is 30.3 Å². The minimum atomic E-state index is -0.0774. The van der Waals surface area contributed by atoms with Gasteiger partial charge in [0.25, 0.3) is 0 Å². The summed E-state index contributed by atoms with van der Waals surface area (Å²) < 4.78 is 0. The van der Waals surface area contributed by atoms with Crippen LogP contribution in [0.25, 0.3) is 0 Å². The van der Waals surface area contributed by atoms with Crippen LogP contribution < -0.4 is 5.32 Å². The largest absolute Gasteiger partial charge is 0.392 e. The number of nitrogens with one attached hydrogen (secondary N) is 1. The Morgan fingerprint density at radius 3 is 2.68 bits per heavy atom. The third kappa shape index (κ3) is 4.19. The minimum Gasteiger partial charge on any atom is -0.392 e. The molecule has 1 aromatic heterocycles. The molecule has 0 aliphatic rings. The SMILES string of the molecule is O=C(CCc1ccccc1)Nc1cc(CO)ccn1. The Labute approximate surface area is 112 Å². The molecule has 0 saturated carbocycles. The molecule has 0 fully saturated rings. The predicted octanol–water partition coefficient (Wildman–Crippen LogP) is 2.15. The Hall–Kier alpha value is -2.20. The van der Waals surface area contributed by atoms with Gasteiger partial charge < -0.3 is 10.4 Å². The fraction of sp³-hybridized carbons (Fsp3) is 0.200. The molecule has 4 heteroatoms. The number of aromatic nitrogens is 1. The molecule has 4 nitrogen and oxygen atoms in total. The number of pyridine rings is 1. The van der Waals surface area contributed by atoms with E-state index in [9.17, 15) is 4.79 Å². The molecule has 0 spiro atoms. The molecule has 0 bridgehead atoms. The van der Waals surface area contributed by atoms with Crippen LogP contribution in [0.5, 0.6) is 0 Å². The molecular formula is C15H16N2O2. The average Bonchev–Trinajstić information content (AvgIpc) is 2.46. The van der Waals surface area contributed by atoms with Crippen LogP contribution in [0.4, 0.5) is 5.82 Å². The van der Waals surface area contributed by atoms with Gasteiger partial charge >= 0.3 is 0 Å². The topological polar surface area (TPSA) is 62.2 Å². The van der Waals surface area contributed by atoms with Crippen molar-refractivity contribution in [1.82, 2.24) is 4.98 Å². The second kappa shape index (κ2) is 6.66. The molecule has 0 atom stereocenters. The number of aliphatic hydroxyl groups is 1. The van der Waals surface area contributed by atoms with Crippen molar-refractivity contribution in [2.75, 3.05) is 5.32 Å². The van der Waals surface area contributed by atoms with Crippen LogP contribution in [0.3, 0.4) is 0 Å². The summed E-state index contributed by atoms with van der Waals surface area (Å²) >= 11 is 0. The second-order valence-corrected chi connectivity index (χ2v) is 4.24. The predicted molar refractivity (Wildman–Crippen MR) is 73.6 cm³/mol. The molecule has 98 valence electrons. The fourth-order valence-corrected chi connectivity index (χ4v) is 1.75. The molecule has 2 aromatic rings. The first-order valence-electron chi connectivity index (χ1n) is 6.17. The fourth-order valence-electron chi connectivity index (χ4n) is 1.75. The Bertz CT molecular complexity index is 541. The third-order valence-electron chi connectivity index (χ3n) is 2.76. The number of rotatable bonds is 5. The summed E-state index contributed by atoms with van der Waals surface area (Å²) in [5.74, 6) is 0.399. The summed E-state index contributed by atoms with van der Waals surface area (Å²) in [5, 5.41) is 11.7. The summed E-state index contributed by atoms with van der Waals surface area (Å²) in [6.45, 7) is -0.0601. The summed E-state index contributed by atoms with van der Waals surface area (Å²) in [7, 11) is 0. The summed E-state index contributed by atoms with van der Waals surface area (Å²) in [6, 6.07) is 13.2. The quantitative estimate of drug-likeness (QED) is 0.861. The van der Waals surface area contributed by atoms with Crippen molar-refractivity contribution >= 4 is 11.7 Å². The van der Waals surface area contributed by atoms with Gasteiger partial charge in [-0.05, 0) is 29.7 Å². The van der Waals surface area contributed by atoms with Crippen molar-refractivity contribution in [3.05, 3.63) is 59.8 Å². The maximum atomic E-state index is 11.8. The molecule has 1 amide bonds. The van der Waals surface area contributed by atoms with Gasteiger partial charge in [-0.3, -0.25) is 4.79 Å². The van der Waals surface area contributed by atoms with E-state index in [0.29, 0.717) is 18.7 Å². The van der Waals surface area contributed by atoms with Crippen molar-refractivity contribution in [3.8, 4) is 0 Å². The van der Waals surface area contributed by atoms with E-state index in [-0.39, 0.29) is 12.5 Å². The maximum Gasteiger partial charge on any atom is 0.225 e. The minimum absolute atomic E-state index is 0.0601. The van der Waals surface area contributed by atoms with Crippen molar-refractivity contribution in [1.29, 1.82) is 0 Å². The molecule has 0 aliphatic carbocycles. The van der Waals surface area contributed by atoms with Gasteiger partial charge in [-0.15, -0.1) is 0 Å². The third-order valence-corrected chi connectivity index (χ3v) is 2.76. The van der Waals surface area contributed by atoms with E-state index in [1.54, 1.807) is 18.3 Å². The van der Waals surface area contributed by atoms with Crippen LogP contribution >= 0.6 is 0 Å². The van der Waals surface area contributed by atoms with Crippen molar-refractivity contribution < 1.29 is 9.90 Å². The molecule has 2 rings (SSSR count). The Kier molecular flexibility index (Phi) is 4.64. The highest BCUT2D eigenvalue weighted by atomic mass is 16.3. The molecule has 1 aromatic carbocycles. The van der Waals surface area contributed by atoms with E-state index in [4.69, 9.17) is 5.11 Å². The molecule has 2 N–H and O–H groups in total. The second-order valence-electron chi connectivity index (χ2n) is 4.24. The lowest BCUT2D eigenvalue weighted by Crippen LogP contribution is -2.13. The van der Waals surface area contributed by atoms with Crippen molar-refractivity contribution in [3.63, 3.8) is 0 Å². The molecular weight excluding hydrogens is 240 g/mol. The highest BCUT2D eigenvalue weighted by molar-refractivity contribution is 5.89. The van der Waals surface area contributed by atoms with Crippen LogP contribution in [-0.2, 0) is 17.8 Å². The van der Waals surface area contributed by atoms with E-state index in [1.807, 2.05) is 30.3 Å². The summed E-state index contributed by atoms with van der Waals surface area (Å²) in [6.07, 6.45) is 2.68. The van der Waals surface area contributed by atoms with Gasteiger partial charge in [0.05, 0.1) is 6.61 Å². The lowest BCUT2D eigenvalue weighted by Gasteiger charge is -2.05. The molecule has 0 radical (unpaired) electrons. The number of amides is 1. The summed E-state index contributed by atoms with van der Waals surface area (Å²) in [5.41, 5.74) is 1.86. The first-order chi connectivity index (χ1) is 9.28. The number of anilines is 1. The van der Waals surface area contributed by atoms with Gasteiger partial charge in [-0.2, -0.15) is 0 Å². The molecule has 19 heavy (non-hydrogen) atoms. The van der Waals surface area contributed by atoms with Crippen LogP contribution in [0, 0.1) is 0 Å². The Morgan fingerprint density at radius 2 is 1.95 bits per heavy atom. The molecule has 0 aliphatic heterocycles. The monoisotopic (exact) mass is 256 g/mol. The van der Waals surface area contributed by atoms with Gasteiger partial charge in [0, 0.05) is 12.6 Å². The Morgan fingerprint density at radius 1 is 1.16 bits per heavy atom. The van der Waals surface area contributed by atoms with Crippen molar-refractivity contribution in [2.24, 2.45) is 0 Å². The molecule has 1 heterocycles. The van der Waals surface area contributed by atoms with Crippen LogP contribution in [-0.4, -0.2) is 16.0 Å². The van der Waals surface area contributed by atoms with E-state index < -0.39 is 0 Å². The standard InChI is InChI=1S/C15H16N2O2/c18-11-13-8-9-16-14(10-13)17-15(19)7-6-12-4-2-1-3-5-12/h1-5,8-10,18H,6-7,11H2,(H,16,17,19). The number of benzene rings is 1. The maximum absolute atomic E-state index is 11.8. The van der Waals surface area contributed by atoms with Gasteiger partial charge in [-0.25, -0.2) is 4.98 Å². The zero-order valence-corrected chi connectivity index (χ0v) is 10.5. The van der Waals surface area contributed by atoms with E-state index in [1.165, 1.54) is 0 Å². The number of carbonyl (C=O) groups excluding carboxylic acids is 1. The molecule has 0 saturated heterocycles. The van der Waals surface area contributed by atoms with Crippen LogP contribution in [0.1, 0.15) is 17.5 Å². The summed E-state index contributed by atoms with van der Waals surface area (Å²) in [4.78, 5) is 15.8. The number of carbonyl (C=O) groups is 1. The number of hydrogen-bond donors (Lipinski definition) is 2. The number of nitrogens with zero attached hydrogens (tertiary/aromatic N) is 1. The van der Waals surface area contributed by atoms with E-state index in [0.717, 1.165) is 11.1 Å². The molecule has 0 unspecified atom stereocenters. The van der Waals surface area contributed by atoms with Crippen LogP contribution in [0.2, 0.25) is 0 Å². The van der Waals surface area contributed by atoms with Gasteiger partial charge in [0.2, 0.25) is 5.91 Å². The zero-order valence-electron chi connectivity index (χ0n) is 10.5. The normalized spacial score (nSPS) is 10.2. The number of aryl methyl sites for hydroxylation is 1. The smallest absolute Gasteiger partial charge is 0.225 e. The van der Waals surface area contributed by atoms with Gasteiger partial charge in [0.1, 0.15) is 5.82 Å². The number of hydrogen-bond acceptors (Lipinski definition) is 3. The number of aliphatic hydroxyl groups excluding tert-OH is 1. The van der Waals surface area contributed by atoms with Crippen LogP contribution in [0.15, 0.2) is 48.7 Å². The lowest BCUT2D eigenvalue weighted by molar-refractivity contribution is -0.116. The van der Waals surface area contributed by atoms with Gasteiger partial charge in [0.15, 0.2) is 0 Å².